The summed E-state index contributed by atoms with van der Waals surface area (Å²) in [6, 6.07) is 0.609. The van der Waals surface area contributed by atoms with E-state index >= 15 is 0 Å². The molecule has 1 aromatic rings. The maximum atomic E-state index is 5.79. The summed E-state index contributed by atoms with van der Waals surface area (Å²) >= 11 is 5.79. The average molecular weight is 254 g/mol. The summed E-state index contributed by atoms with van der Waals surface area (Å²) in [7, 11) is 2.12. The first-order chi connectivity index (χ1) is 8.31. The van der Waals surface area contributed by atoms with Gasteiger partial charge in [-0.2, -0.15) is 0 Å². The molecule has 1 saturated carbocycles. The van der Waals surface area contributed by atoms with Crippen LogP contribution in [0.3, 0.4) is 0 Å². The van der Waals surface area contributed by atoms with Gasteiger partial charge >= 0.3 is 0 Å². The number of aromatic nitrogens is 2. The zero-order valence-electron chi connectivity index (χ0n) is 10.4. The van der Waals surface area contributed by atoms with Crippen LogP contribution in [0.5, 0.6) is 0 Å². The third-order valence-electron chi connectivity index (χ3n) is 3.54. The van der Waals surface area contributed by atoms with Crippen molar-refractivity contribution in [1.29, 1.82) is 0 Å². The van der Waals surface area contributed by atoms with E-state index in [1.165, 1.54) is 38.5 Å². The van der Waals surface area contributed by atoms with Crippen LogP contribution in [0, 0.1) is 0 Å². The Kier molecular flexibility index (Phi) is 4.60. The first-order valence-electron chi connectivity index (χ1n) is 6.41. The molecule has 2 rings (SSSR count). The molecular weight excluding hydrogens is 234 g/mol. The van der Waals surface area contributed by atoms with Gasteiger partial charge < -0.3 is 4.90 Å². The standard InChI is InChI=1S/C13H20ClN3/c1-17(12-6-4-2-3-5-7-12)13-10-15-9-11(8-14)16-13/h9-10,12H,2-8H2,1H3. The summed E-state index contributed by atoms with van der Waals surface area (Å²) in [5, 5.41) is 0. The van der Waals surface area contributed by atoms with Crippen LogP contribution in [-0.2, 0) is 5.88 Å². The molecule has 3 nitrogen and oxygen atoms in total. The molecule has 0 radical (unpaired) electrons. The monoisotopic (exact) mass is 253 g/mol. The molecule has 1 aliphatic carbocycles. The minimum Gasteiger partial charge on any atom is -0.355 e. The molecule has 0 atom stereocenters. The van der Waals surface area contributed by atoms with E-state index < -0.39 is 0 Å². The molecule has 1 aromatic heterocycles. The van der Waals surface area contributed by atoms with Gasteiger partial charge in [0.25, 0.3) is 0 Å². The van der Waals surface area contributed by atoms with Gasteiger partial charge in [0.15, 0.2) is 0 Å². The molecule has 0 bridgehead atoms. The zero-order chi connectivity index (χ0) is 12.1. The van der Waals surface area contributed by atoms with Crippen LogP contribution < -0.4 is 4.90 Å². The fourth-order valence-electron chi connectivity index (χ4n) is 2.46. The highest BCUT2D eigenvalue weighted by Gasteiger charge is 2.18. The molecule has 0 unspecified atom stereocenters. The lowest BCUT2D eigenvalue weighted by Gasteiger charge is -2.28. The average Bonchev–Trinajstić information content (AvgIpc) is 2.67. The minimum atomic E-state index is 0.430. The van der Waals surface area contributed by atoms with Crippen LogP contribution in [0.4, 0.5) is 5.82 Å². The van der Waals surface area contributed by atoms with E-state index in [4.69, 9.17) is 11.6 Å². The van der Waals surface area contributed by atoms with Crippen molar-refractivity contribution >= 4 is 17.4 Å². The third kappa shape index (κ3) is 3.32. The SMILES string of the molecule is CN(c1cncc(CCl)n1)C1CCCCCC1. The number of hydrogen-bond donors (Lipinski definition) is 0. The van der Waals surface area contributed by atoms with Crippen molar-refractivity contribution in [3.8, 4) is 0 Å². The topological polar surface area (TPSA) is 29.0 Å². The number of nitrogens with zero attached hydrogens (tertiary/aromatic N) is 3. The molecule has 0 N–H and O–H groups in total. The van der Waals surface area contributed by atoms with Gasteiger partial charge in [-0.3, -0.25) is 4.98 Å². The predicted octanol–water partition coefficient (Wildman–Crippen LogP) is 3.37. The summed E-state index contributed by atoms with van der Waals surface area (Å²) < 4.78 is 0. The third-order valence-corrected chi connectivity index (χ3v) is 3.82. The molecule has 0 aromatic carbocycles. The Morgan fingerprint density at radius 3 is 2.59 bits per heavy atom. The maximum absolute atomic E-state index is 5.79. The first kappa shape index (κ1) is 12.6. The van der Waals surface area contributed by atoms with Crippen molar-refractivity contribution in [3.05, 3.63) is 18.1 Å². The number of alkyl halides is 1. The normalized spacial score (nSPS) is 17.8. The fourth-order valence-corrected chi connectivity index (χ4v) is 2.59. The lowest BCUT2D eigenvalue weighted by Crippen LogP contribution is -2.32. The molecular formula is C13H20ClN3. The second-order valence-corrected chi connectivity index (χ2v) is 5.03. The second-order valence-electron chi connectivity index (χ2n) is 4.76. The van der Waals surface area contributed by atoms with Gasteiger partial charge in [0.1, 0.15) is 5.82 Å². The minimum absolute atomic E-state index is 0.430. The van der Waals surface area contributed by atoms with E-state index in [1.807, 2.05) is 6.20 Å². The highest BCUT2D eigenvalue weighted by atomic mass is 35.5. The van der Waals surface area contributed by atoms with Gasteiger partial charge in [0, 0.05) is 19.3 Å². The maximum Gasteiger partial charge on any atom is 0.147 e. The van der Waals surface area contributed by atoms with E-state index in [0.29, 0.717) is 11.9 Å². The highest BCUT2D eigenvalue weighted by molar-refractivity contribution is 6.16. The first-order valence-corrected chi connectivity index (χ1v) is 6.94. The predicted molar refractivity (Wildman–Crippen MR) is 71.5 cm³/mol. The fraction of sp³-hybridized carbons (Fsp3) is 0.692. The Balaban J connectivity index is 2.08. The highest BCUT2D eigenvalue weighted by Crippen LogP contribution is 2.24. The summed E-state index contributed by atoms with van der Waals surface area (Å²) in [4.78, 5) is 11.0. The van der Waals surface area contributed by atoms with Crippen molar-refractivity contribution in [3.63, 3.8) is 0 Å². The zero-order valence-corrected chi connectivity index (χ0v) is 11.2. The van der Waals surface area contributed by atoms with Crippen molar-refractivity contribution in [1.82, 2.24) is 9.97 Å². The summed E-state index contributed by atoms with van der Waals surface area (Å²) in [6.07, 6.45) is 11.5. The van der Waals surface area contributed by atoms with E-state index in [0.717, 1.165) is 11.5 Å². The molecule has 0 spiro atoms. The van der Waals surface area contributed by atoms with Crippen molar-refractivity contribution in [2.24, 2.45) is 0 Å². The smallest absolute Gasteiger partial charge is 0.147 e. The van der Waals surface area contributed by atoms with E-state index in [2.05, 4.69) is 21.9 Å². The Labute approximate surface area is 108 Å². The largest absolute Gasteiger partial charge is 0.355 e. The molecule has 4 heteroatoms. The lowest BCUT2D eigenvalue weighted by atomic mass is 10.1. The van der Waals surface area contributed by atoms with E-state index in [1.54, 1.807) is 6.20 Å². The summed E-state index contributed by atoms with van der Waals surface area (Å²) in [6.45, 7) is 0. The number of rotatable bonds is 3. The summed E-state index contributed by atoms with van der Waals surface area (Å²) in [5.41, 5.74) is 0.852. The Morgan fingerprint density at radius 1 is 1.24 bits per heavy atom. The van der Waals surface area contributed by atoms with Gasteiger partial charge in [0.05, 0.1) is 17.8 Å². The molecule has 1 fully saturated rings. The van der Waals surface area contributed by atoms with Crippen LogP contribution in [-0.4, -0.2) is 23.1 Å². The van der Waals surface area contributed by atoms with Crippen LogP contribution in [0.25, 0.3) is 0 Å². The Morgan fingerprint density at radius 2 is 1.94 bits per heavy atom. The van der Waals surface area contributed by atoms with Crippen LogP contribution in [0.15, 0.2) is 12.4 Å². The van der Waals surface area contributed by atoms with E-state index in [-0.39, 0.29) is 0 Å². The molecule has 17 heavy (non-hydrogen) atoms. The van der Waals surface area contributed by atoms with Gasteiger partial charge in [-0.15, -0.1) is 11.6 Å². The number of anilines is 1. The molecule has 0 aliphatic heterocycles. The van der Waals surface area contributed by atoms with Crippen LogP contribution >= 0.6 is 11.6 Å². The number of hydrogen-bond acceptors (Lipinski definition) is 3. The lowest BCUT2D eigenvalue weighted by molar-refractivity contribution is 0.548. The van der Waals surface area contributed by atoms with Gasteiger partial charge in [-0.1, -0.05) is 25.7 Å². The van der Waals surface area contributed by atoms with Gasteiger partial charge in [-0.05, 0) is 12.8 Å². The van der Waals surface area contributed by atoms with Crippen molar-refractivity contribution in [2.75, 3.05) is 11.9 Å². The van der Waals surface area contributed by atoms with Crippen molar-refractivity contribution in [2.45, 2.75) is 50.4 Å². The molecule has 0 saturated heterocycles. The van der Waals surface area contributed by atoms with Crippen LogP contribution in [0.1, 0.15) is 44.2 Å². The molecule has 94 valence electrons. The van der Waals surface area contributed by atoms with E-state index in [9.17, 15) is 0 Å². The second kappa shape index (κ2) is 6.20. The quantitative estimate of drug-likeness (QED) is 0.611. The Bertz CT molecular complexity index is 348. The summed E-state index contributed by atoms with van der Waals surface area (Å²) in [5.74, 6) is 1.38. The molecule has 1 aliphatic rings. The van der Waals surface area contributed by atoms with Gasteiger partial charge in [0.2, 0.25) is 0 Å². The van der Waals surface area contributed by atoms with Gasteiger partial charge in [-0.25, -0.2) is 4.98 Å². The molecule has 0 amide bonds. The Hall–Kier alpha value is -0.830. The molecule has 1 heterocycles. The van der Waals surface area contributed by atoms with Crippen LogP contribution in [0.2, 0.25) is 0 Å². The van der Waals surface area contributed by atoms with Crippen molar-refractivity contribution < 1.29 is 0 Å². The number of halogens is 1.